The Bertz CT molecular complexity index is 1350. The Kier molecular flexibility index (Phi) is 8.43. The summed E-state index contributed by atoms with van der Waals surface area (Å²) < 4.78 is 0. The van der Waals surface area contributed by atoms with Crippen LogP contribution in [0.4, 0.5) is 0 Å². The Morgan fingerprint density at radius 2 is 0.897 bits per heavy atom. The molecule has 5 aromatic rings. The maximum Gasteiger partial charge on any atom is 0.238 e. The first-order valence-electron chi connectivity index (χ1n) is 13.5. The monoisotopic (exact) mass is 504 g/mol. The molecule has 0 amide bonds. The SMILES string of the molecule is C=CC[NH+]1C=CN=C1c1ccccc1.c1ccc([B-](c2ccccc2)(c2ccccc2)c2ccccc2)cc1. The molecule has 6 rings (SSSR count). The van der Waals surface area contributed by atoms with Crippen molar-refractivity contribution in [1.82, 2.24) is 0 Å². The lowest BCUT2D eigenvalue weighted by Crippen LogP contribution is -3.09. The number of hydrogen-bond donors (Lipinski definition) is 1. The van der Waals surface area contributed by atoms with Gasteiger partial charge >= 0.3 is 0 Å². The number of amidine groups is 1. The van der Waals surface area contributed by atoms with Crippen LogP contribution in [0.2, 0.25) is 0 Å². The summed E-state index contributed by atoms with van der Waals surface area (Å²) in [6, 6.07) is 53.8. The number of nitrogens with one attached hydrogen (secondary N) is 1. The van der Waals surface area contributed by atoms with Crippen LogP contribution in [0.1, 0.15) is 5.56 Å². The van der Waals surface area contributed by atoms with Crippen molar-refractivity contribution in [2.75, 3.05) is 6.54 Å². The largest absolute Gasteiger partial charge is 0.255 e. The summed E-state index contributed by atoms with van der Waals surface area (Å²) in [5, 5.41) is 0. The van der Waals surface area contributed by atoms with E-state index >= 15 is 0 Å². The van der Waals surface area contributed by atoms with Crippen molar-refractivity contribution in [2.24, 2.45) is 4.99 Å². The van der Waals surface area contributed by atoms with E-state index in [-0.39, 0.29) is 0 Å². The van der Waals surface area contributed by atoms with Crippen molar-refractivity contribution in [3.05, 3.63) is 182 Å². The van der Waals surface area contributed by atoms with Gasteiger partial charge in [-0.05, 0) is 18.2 Å². The fraction of sp³-hybridized carbons (Fsp3) is 0.0278. The van der Waals surface area contributed by atoms with Crippen LogP contribution in [0.5, 0.6) is 0 Å². The minimum absolute atomic E-state index is 0.879. The van der Waals surface area contributed by atoms with Crippen molar-refractivity contribution >= 4 is 33.8 Å². The van der Waals surface area contributed by atoms with Gasteiger partial charge in [0.15, 0.2) is 0 Å². The second kappa shape index (κ2) is 12.7. The van der Waals surface area contributed by atoms with Crippen LogP contribution < -0.4 is 26.8 Å². The van der Waals surface area contributed by atoms with Crippen molar-refractivity contribution in [3.63, 3.8) is 0 Å². The zero-order valence-corrected chi connectivity index (χ0v) is 22.1. The van der Waals surface area contributed by atoms with Gasteiger partial charge in [0.25, 0.3) is 0 Å². The minimum atomic E-state index is -1.22. The number of nitrogens with zero attached hydrogens (tertiary/aromatic N) is 1. The standard InChI is InChI=1S/C24H20B.C12H12N2/c1-5-13-21(14-6-1)25(22-15-7-2-8-16-22,23-17-9-3-10-18-23)24-19-11-4-12-20-24;1-2-9-14-10-8-13-12(14)11-6-4-3-5-7-11/h1-20H;2-8,10H,1,9H2/q-1;/p+1. The van der Waals surface area contributed by atoms with E-state index in [1.165, 1.54) is 32.3 Å². The molecule has 39 heavy (non-hydrogen) atoms. The van der Waals surface area contributed by atoms with E-state index in [2.05, 4.69) is 145 Å². The molecule has 0 saturated heterocycles. The first kappa shape index (κ1) is 25.9. The fourth-order valence-electron chi connectivity index (χ4n) is 5.66. The van der Waals surface area contributed by atoms with Gasteiger partial charge in [0, 0.05) is 0 Å². The fourth-order valence-corrected chi connectivity index (χ4v) is 5.66. The molecular weight excluding hydrogens is 471 g/mol. The highest BCUT2D eigenvalue weighted by atomic mass is 15.2. The van der Waals surface area contributed by atoms with Crippen molar-refractivity contribution < 1.29 is 4.90 Å². The summed E-state index contributed by atoms with van der Waals surface area (Å²) in [6.07, 6.45) is 4.58. The number of aliphatic imine (C=N–C) groups is 1. The predicted molar refractivity (Wildman–Crippen MR) is 168 cm³/mol. The van der Waals surface area contributed by atoms with E-state index in [0.717, 1.165) is 12.4 Å². The molecule has 0 radical (unpaired) electrons. The normalized spacial score (nSPS) is 14.2. The molecule has 0 aromatic heterocycles. The highest BCUT2D eigenvalue weighted by molar-refractivity contribution is 7.19. The van der Waals surface area contributed by atoms with Crippen molar-refractivity contribution in [1.29, 1.82) is 0 Å². The topological polar surface area (TPSA) is 16.8 Å². The van der Waals surface area contributed by atoms with Gasteiger partial charge in [-0.15, -0.1) is 0 Å². The maximum absolute atomic E-state index is 4.36. The van der Waals surface area contributed by atoms with Gasteiger partial charge in [-0.25, -0.2) is 0 Å². The summed E-state index contributed by atoms with van der Waals surface area (Å²) >= 11 is 0. The molecule has 1 N–H and O–H groups in total. The van der Waals surface area contributed by atoms with Gasteiger partial charge in [0.05, 0.1) is 11.8 Å². The van der Waals surface area contributed by atoms with Crippen molar-refractivity contribution in [3.8, 4) is 0 Å². The smallest absolute Gasteiger partial charge is 0.238 e. The van der Waals surface area contributed by atoms with Gasteiger partial charge in [0.2, 0.25) is 5.84 Å². The molecule has 5 aromatic carbocycles. The lowest BCUT2D eigenvalue weighted by atomic mass is 9.13. The van der Waals surface area contributed by atoms with E-state index in [9.17, 15) is 0 Å². The summed E-state index contributed by atoms with van der Waals surface area (Å²) in [5.74, 6) is 1.07. The molecule has 0 bridgehead atoms. The summed E-state index contributed by atoms with van der Waals surface area (Å²) in [4.78, 5) is 5.60. The third kappa shape index (κ3) is 5.59. The lowest BCUT2D eigenvalue weighted by Gasteiger charge is -2.44. The van der Waals surface area contributed by atoms with Crippen LogP contribution in [0, 0.1) is 0 Å². The first-order valence-corrected chi connectivity index (χ1v) is 13.5. The third-order valence-corrected chi connectivity index (χ3v) is 7.39. The van der Waals surface area contributed by atoms with E-state index in [1.807, 2.05) is 36.7 Å². The number of hydrogen-bond acceptors (Lipinski definition) is 1. The van der Waals surface area contributed by atoms with Crippen LogP contribution in [-0.2, 0) is 0 Å². The Morgan fingerprint density at radius 1 is 0.538 bits per heavy atom. The predicted octanol–water partition coefficient (Wildman–Crippen LogP) is 4.05. The molecule has 0 spiro atoms. The van der Waals surface area contributed by atoms with Crippen LogP contribution in [0.3, 0.4) is 0 Å². The number of rotatable bonds is 7. The Labute approximate surface area is 232 Å². The van der Waals surface area contributed by atoms with E-state index in [4.69, 9.17) is 0 Å². The minimum Gasteiger partial charge on any atom is -0.255 e. The highest BCUT2D eigenvalue weighted by Crippen LogP contribution is 2.09. The Morgan fingerprint density at radius 3 is 1.26 bits per heavy atom. The van der Waals surface area contributed by atoms with Crippen LogP contribution >= 0.6 is 0 Å². The second-order valence-corrected chi connectivity index (χ2v) is 9.69. The molecular formula is C36H33BN2. The number of benzene rings is 5. The van der Waals surface area contributed by atoms with Gasteiger partial charge in [-0.2, -0.15) is 26.8 Å². The molecule has 3 heteroatoms. The quantitative estimate of drug-likeness (QED) is 0.255. The van der Waals surface area contributed by atoms with Gasteiger partial charge in [-0.1, -0.05) is 146 Å². The average Bonchev–Trinajstić information content (AvgIpc) is 3.49. The maximum atomic E-state index is 4.36. The zero-order chi connectivity index (χ0) is 26.8. The molecule has 1 aliphatic heterocycles. The van der Waals surface area contributed by atoms with Crippen molar-refractivity contribution in [2.45, 2.75) is 0 Å². The highest BCUT2D eigenvalue weighted by Gasteiger charge is 2.31. The van der Waals surface area contributed by atoms with Crippen LogP contribution in [-0.4, -0.2) is 18.5 Å². The molecule has 0 fully saturated rings. The lowest BCUT2D eigenvalue weighted by molar-refractivity contribution is -0.735. The zero-order valence-electron chi connectivity index (χ0n) is 22.1. The van der Waals surface area contributed by atoms with Crippen LogP contribution in [0.15, 0.2) is 182 Å². The average molecular weight is 504 g/mol. The third-order valence-electron chi connectivity index (χ3n) is 7.39. The van der Waals surface area contributed by atoms with E-state index in [0.29, 0.717) is 0 Å². The van der Waals surface area contributed by atoms with E-state index < -0.39 is 6.15 Å². The van der Waals surface area contributed by atoms with Gasteiger partial charge < -0.3 is 0 Å². The number of quaternary nitrogens is 1. The summed E-state index contributed by atoms with van der Waals surface area (Å²) in [6.45, 7) is 4.62. The second-order valence-electron chi connectivity index (χ2n) is 9.69. The summed E-state index contributed by atoms with van der Waals surface area (Å²) in [7, 11) is 0. The van der Waals surface area contributed by atoms with Gasteiger partial charge in [-0.3, -0.25) is 4.90 Å². The Hall–Kier alpha value is -4.73. The molecule has 190 valence electrons. The molecule has 2 nitrogen and oxygen atoms in total. The molecule has 0 saturated carbocycles. The molecule has 1 aliphatic rings. The first-order chi connectivity index (χ1) is 19.3. The van der Waals surface area contributed by atoms with E-state index in [1.54, 1.807) is 0 Å². The molecule has 1 heterocycles. The summed E-state index contributed by atoms with van der Waals surface area (Å²) in [5.41, 5.74) is 6.53. The Balaban J connectivity index is 0.000000186. The molecule has 1 unspecified atom stereocenters. The van der Waals surface area contributed by atoms with Crippen LogP contribution in [0.25, 0.3) is 0 Å². The van der Waals surface area contributed by atoms with Gasteiger partial charge in [0.1, 0.15) is 18.9 Å². The molecule has 1 atom stereocenters. The molecule has 0 aliphatic carbocycles.